The van der Waals surface area contributed by atoms with Gasteiger partial charge in [0.05, 0.1) is 20.4 Å². The summed E-state index contributed by atoms with van der Waals surface area (Å²) >= 11 is 0. The summed E-state index contributed by atoms with van der Waals surface area (Å²) in [5, 5.41) is 0. The van der Waals surface area contributed by atoms with Crippen molar-refractivity contribution in [2.24, 2.45) is 11.7 Å². The van der Waals surface area contributed by atoms with Crippen molar-refractivity contribution < 1.29 is 9.47 Å². The lowest BCUT2D eigenvalue weighted by Crippen LogP contribution is -2.03. The van der Waals surface area contributed by atoms with E-state index in [4.69, 9.17) is 15.2 Å². The zero-order valence-corrected chi connectivity index (χ0v) is 9.06. The summed E-state index contributed by atoms with van der Waals surface area (Å²) in [7, 11) is 3.28. The number of hydrogen-bond acceptors (Lipinski definition) is 4. The zero-order chi connectivity index (χ0) is 10.8. The average Bonchev–Trinajstić information content (AvgIpc) is 3.07. The molecular formula is C11H16N2O2. The van der Waals surface area contributed by atoms with Gasteiger partial charge in [0.25, 0.3) is 0 Å². The summed E-state index contributed by atoms with van der Waals surface area (Å²) in [6.45, 7) is 0.735. The van der Waals surface area contributed by atoms with Crippen molar-refractivity contribution in [3.63, 3.8) is 0 Å². The topological polar surface area (TPSA) is 57.4 Å². The van der Waals surface area contributed by atoms with Crippen LogP contribution in [0.1, 0.15) is 17.9 Å². The lowest BCUT2D eigenvalue weighted by atomic mass is 10.1. The maximum atomic E-state index is 5.64. The van der Waals surface area contributed by atoms with E-state index < -0.39 is 0 Å². The van der Waals surface area contributed by atoms with E-state index in [0.717, 1.165) is 18.7 Å². The fraction of sp³-hybridized carbons (Fsp3) is 0.545. The Morgan fingerprint density at radius 1 is 1.47 bits per heavy atom. The molecule has 0 radical (unpaired) electrons. The van der Waals surface area contributed by atoms with Gasteiger partial charge in [-0.1, -0.05) is 0 Å². The largest absolute Gasteiger partial charge is 0.495 e. The molecule has 1 aliphatic rings. The van der Waals surface area contributed by atoms with Gasteiger partial charge in [-0.05, 0) is 24.8 Å². The molecule has 0 amide bonds. The molecule has 4 nitrogen and oxygen atoms in total. The number of nitrogens with zero attached hydrogens (tertiary/aromatic N) is 1. The molecular weight excluding hydrogens is 192 g/mol. The van der Waals surface area contributed by atoms with Gasteiger partial charge in [0.2, 0.25) is 5.88 Å². The minimum absolute atomic E-state index is 0.516. The average molecular weight is 208 g/mol. The summed E-state index contributed by atoms with van der Waals surface area (Å²) < 4.78 is 10.4. The molecule has 2 rings (SSSR count). The fourth-order valence-corrected chi connectivity index (χ4v) is 1.90. The first kappa shape index (κ1) is 10.2. The second kappa shape index (κ2) is 4.06. The molecule has 0 bridgehead atoms. The van der Waals surface area contributed by atoms with E-state index in [9.17, 15) is 0 Å². The van der Waals surface area contributed by atoms with Crippen molar-refractivity contribution in [3.05, 3.63) is 17.8 Å². The summed E-state index contributed by atoms with van der Waals surface area (Å²) in [6.07, 6.45) is 2.85. The number of nitrogens with two attached hydrogens (primary N) is 1. The normalized spacial score (nSPS) is 23.7. The van der Waals surface area contributed by atoms with Gasteiger partial charge in [0, 0.05) is 11.6 Å². The smallest absolute Gasteiger partial charge is 0.213 e. The van der Waals surface area contributed by atoms with Gasteiger partial charge in [-0.15, -0.1) is 0 Å². The standard InChI is InChI=1S/C11H16N2O2/c1-14-10-6-13-11(15-2)4-9(10)8-3-7(8)5-12/h4,6-8H,3,5,12H2,1-2H3. The third-order valence-corrected chi connectivity index (χ3v) is 2.93. The first-order chi connectivity index (χ1) is 7.30. The molecule has 2 N–H and O–H groups in total. The Hall–Kier alpha value is -1.29. The van der Waals surface area contributed by atoms with Crippen LogP contribution in [0.25, 0.3) is 0 Å². The predicted molar refractivity (Wildman–Crippen MR) is 57.2 cm³/mol. The number of hydrogen-bond donors (Lipinski definition) is 1. The van der Waals surface area contributed by atoms with Crippen molar-refractivity contribution in [2.45, 2.75) is 12.3 Å². The first-order valence-corrected chi connectivity index (χ1v) is 5.08. The summed E-state index contributed by atoms with van der Waals surface area (Å²) in [4.78, 5) is 4.11. The van der Waals surface area contributed by atoms with E-state index >= 15 is 0 Å². The van der Waals surface area contributed by atoms with Crippen LogP contribution >= 0.6 is 0 Å². The monoisotopic (exact) mass is 208 g/mol. The van der Waals surface area contributed by atoms with E-state index in [1.165, 1.54) is 5.56 Å². The van der Waals surface area contributed by atoms with Crippen LogP contribution in [0.15, 0.2) is 12.3 Å². The molecule has 0 aliphatic heterocycles. The van der Waals surface area contributed by atoms with E-state index in [1.807, 2.05) is 6.07 Å². The third kappa shape index (κ3) is 1.90. The van der Waals surface area contributed by atoms with Crippen LogP contribution in [0.4, 0.5) is 0 Å². The third-order valence-electron chi connectivity index (χ3n) is 2.93. The lowest BCUT2D eigenvalue weighted by molar-refractivity contribution is 0.384. The van der Waals surface area contributed by atoms with E-state index in [1.54, 1.807) is 20.4 Å². The van der Waals surface area contributed by atoms with Crippen molar-refractivity contribution in [1.29, 1.82) is 0 Å². The van der Waals surface area contributed by atoms with Crippen molar-refractivity contribution >= 4 is 0 Å². The SMILES string of the molecule is COc1cc(C2CC2CN)c(OC)cn1. The highest BCUT2D eigenvalue weighted by Crippen LogP contribution is 2.50. The molecule has 1 heterocycles. The van der Waals surface area contributed by atoms with Crippen LogP contribution in [-0.2, 0) is 0 Å². The van der Waals surface area contributed by atoms with Gasteiger partial charge in [0.1, 0.15) is 5.75 Å². The molecule has 1 fully saturated rings. The molecule has 1 aromatic rings. The number of pyridine rings is 1. The number of aromatic nitrogens is 1. The van der Waals surface area contributed by atoms with Crippen LogP contribution in [0.5, 0.6) is 11.6 Å². The molecule has 82 valence electrons. The van der Waals surface area contributed by atoms with Crippen molar-refractivity contribution in [3.8, 4) is 11.6 Å². The van der Waals surface area contributed by atoms with Gasteiger partial charge < -0.3 is 15.2 Å². The Labute approximate surface area is 89.4 Å². The number of rotatable bonds is 4. The van der Waals surface area contributed by atoms with Crippen molar-refractivity contribution in [1.82, 2.24) is 4.98 Å². The minimum atomic E-state index is 0.516. The molecule has 4 heteroatoms. The Balaban J connectivity index is 2.27. The molecule has 1 aromatic heterocycles. The first-order valence-electron chi connectivity index (χ1n) is 5.08. The summed E-state index contributed by atoms with van der Waals surface area (Å²) in [5.74, 6) is 2.57. The molecule has 0 spiro atoms. The Kier molecular flexibility index (Phi) is 2.77. The van der Waals surface area contributed by atoms with E-state index in [-0.39, 0.29) is 0 Å². The van der Waals surface area contributed by atoms with Crippen LogP contribution < -0.4 is 15.2 Å². The molecule has 1 saturated carbocycles. The highest BCUT2D eigenvalue weighted by atomic mass is 16.5. The van der Waals surface area contributed by atoms with Crippen LogP contribution in [0, 0.1) is 5.92 Å². The van der Waals surface area contributed by atoms with E-state index in [2.05, 4.69) is 4.98 Å². The van der Waals surface area contributed by atoms with Crippen molar-refractivity contribution in [2.75, 3.05) is 20.8 Å². The molecule has 2 unspecified atom stereocenters. The highest BCUT2D eigenvalue weighted by molar-refractivity contribution is 5.40. The quantitative estimate of drug-likeness (QED) is 0.806. The Morgan fingerprint density at radius 2 is 2.27 bits per heavy atom. The van der Waals surface area contributed by atoms with Gasteiger partial charge >= 0.3 is 0 Å². The molecule has 1 aliphatic carbocycles. The van der Waals surface area contributed by atoms with Crippen LogP contribution in [0.2, 0.25) is 0 Å². The van der Waals surface area contributed by atoms with Crippen LogP contribution in [0.3, 0.4) is 0 Å². The zero-order valence-electron chi connectivity index (χ0n) is 9.06. The Bertz CT molecular complexity index is 354. The second-order valence-electron chi connectivity index (χ2n) is 3.81. The fourth-order valence-electron chi connectivity index (χ4n) is 1.90. The maximum absolute atomic E-state index is 5.64. The van der Waals surface area contributed by atoms with E-state index in [0.29, 0.717) is 17.7 Å². The second-order valence-corrected chi connectivity index (χ2v) is 3.81. The summed E-state index contributed by atoms with van der Waals surface area (Å²) in [5.41, 5.74) is 6.80. The lowest BCUT2D eigenvalue weighted by Gasteiger charge is -2.08. The Morgan fingerprint density at radius 3 is 2.80 bits per heavy atom. The molecule has 0 saturated heterocycles. The predicted octanol–water partition coefficient (Wildman–Crippen LogP) is 1.16. The van der Waals surface area contributed by atoms with Gasteiger partial charge in [-0.25, -0.2) is 4.98 Å². The summed E-state index contributed by atoms with van der Waals surface area (Å²) in [6, 6.07) is 1.94. The number of methoxy groups -OCH3 is 2. The van der Waals surface area contributed by atoms with Gasteiger partial charge in [-0.2, -0.15) is 0 Å². The minimum Gasteiger partial charge on any atom is -0.495 e. The molecule has 2 atom stereocenters. The van der Waals surface area contributed by atoms with Gasteiger partial charge in [-0.3, -0.25) is 0 Å². The molecule has 15 heavy (non-hydrogen) atoms. The number of ether oxygens (including phenoxy) is 2. The van der Waals surface area contributed by atoms with Crippen LogP contribution in [-0.4, -0.2) is 25.7 Å². The molecule has 0 aromatic carbocycles. The highest BCUT2D eigenvalue weighted by Gasteiger charge is 2.39. The maximum Gasteiger partial charge on any atom is 0.213 e. The van der Waals surface area contributed by atoms with Gasteiger partial charge in [0.15, 0.2) is 0 Å².